The van der Waals surface area contributed by atoms with Gasteiger partial charge in [-0.15, -0.1) is 0 Å². The van der Waals surface area contributed by atoms with Gasteiger partial charge < -0.3 is 21.1 Å². The van der Waals surface area contributed by atoms with E-state index in [1.54, 1.807) is 0 Å². The molecule has 102 valence electrons. The zero-order chi connectivity index (χ0) is 13.8. The van der Waals surface area contributed by atoms with Crippen LogP contribution in [0.4, 0.5) is 5.69 Å². The molecule has 2 rings (SSSR count). The highest BCUT2D eigenvalue weighted by Crippen LogP contribution is 2.16. The van der Waals surface area contributed by atoms with E-state index in [2.05, 4.69) is 5.32 Å². The quantitative estimate of drug-likeness (QED) is 0.685. The Kier molecular flexibility index (Phi) is 4.01. The zero-order valence-corrected chi connectivity index (χ0v) is 10.5. The molecule has 19 heavy (non-hydrogen) atoms. The number of carbonyl (C=O) groups is 2. The number of nitrogens with two attached hydrogens (primary N) is 1. The molecule has 1 aromatic rings. The summed E-state index contributed by atoms with van der Waals surface area (Å²) >= 11 is 0. The second-order valence-electron chi connectivity index (χ2n) is 4.59. The molecule has 1 aliphatic rings. The number of nitrogens with zero attached hydrogens (tertiary/aromatic N) is 1. The molecule has 1 saturated heterocycles. The van der Waals surface area contributed by atoms with Crippen LogP contribution in [0, 0.1) is 0 Å². The standard InChI is InChI=1S/C13H17N3O3/c14-11(13(18)19)7-9-1-3-10(4-2-9)16-6-5-15-12(17)8-16/h1-4,11H,5-8,14H2,(H,15,17)(H,18,19). The Labute approximate surface area is 111 Å². The maximum absolute atomic E-state index is 11.3. The molecule has 6 heteroatoms. The molecule has 1 heterocycles. The average molecular weight is 263 g/mol. The van der Waals surface area contributed by atoms with Crippen molar-refractivity contribution in [2.75, 3.05) is 24.5 Å². The Morgan fingerprint density at radius 2 is 2.11 bits per heavy atom. The summed E-state index contributed by atoms with van der Waals surface area (Å²) in [7, 11) is 0. The van der Waals surface area contributed by atoms with Crippen molar-refractivity contribution in [3.8, 4) is 0 Å². The molecule has 1 amide bonds. The van der Waals surface area contributed by atoms with Gasteiger partial charge >= 0.3 is 5.97 Å². The average Bonchev–Trinajstić information content (AvgIpc) is 2.39. The fourth-order valence-corrected chi connectivity index (χ4v) is 2.04. The molecule has 0 saturated carbocycles. The molecule has 0 radical (unpaired) electrons. The van der Waals surface area contributed by atoms with E-state index in [9.17, 15) is 9.59 Å². The molecule has 1 aromatic carbocycles. The van der Waals surface area contributed by atoms with Crippen molar-refractivity contribution in [3.05, 3.63) is 29.8 Å². The highest BCUT2D eigenvalue weighted by atomic mass is 16.4. The first-order valence-corrected chi connectivity index (χ1v) is 6.15. The number of amides is 1. The Morgan fingerprint density at radius 1 is 1.42 bits per heavy atom. The van der Waals surface area contributed by atoms with Crippen LogP contribution in [0.3, 0.4) is 0 Å². The summed E-state index contributed by atoms with van der Waals surface area (Å²) in [5.41, 5.74) is 7.32. The predicted molar refractivity (Wildman–Crippen MR) is 71.0 cm³/mol. The molecule has 1 unspecified atom stereocenters. The third kappa shape index (κ3) is 3.45. The summed E-state index contributed by atoms with van der Waals surface area (Å²) in [4.78, 5) is 24.0. The van der Waals surface area contributed by atoms with Gasteiger partial charge in [0, 0.05) is 18.8 Å². The van der Waals surface area contributed by atoms with Crippen LogP contribution < -0.4 is 16.0 Å². The number of hydrogen-bond acceptors (Lipinski definition) is 4. The lowest BCUT2D eigenvalue weighted by atomic mass is 10.1. The smallest absolute Gasteiger partial charge is 0.320 e. The lowest BCUT2D eigenvalue weighted by Crippen LogP contribution is -2.47. The van der Waals surface area contributed by atoms with E-state index in [1.807, 2.05) is 29.2 Å². The molecule has 0 aliphatic carbocycles. The molecule has 6 nitrogen and oxygen atoms in total. The van der Waals surface area contributed by atoms with Crippen molar-refractivity contribution in [3.63, 3.8) is 0 Å². The van der Waals surface area contributed by atoms with Crippen molar-refractivity contribution in [2.24, 2.45) is 5.73 Å². The molecular formula is C13H17N3O3. The van der Waals surface area contributed by atoms with Crippen molar-refractivity contribution in [1.82, 2.24) is 5.32 Å². The minimum Gasteiger partial charge on any atom is -0.480 e. The van der Waals surface area contributed by atoms with Crippen LogP contribution in [0.25, 0.3) is 0 Å². The Morgan fingerprint density at radius 3 is 2.68 bits per heavy atom. The minimum absolute atomic E-state index is 0.0169. The van der Waals surface area contributed by atoms with Crippen LogP contribution in [-0.2, 0) is 16.0 Å². The maximum atomic E-state index is 11.3. The summed E-state index contributed by atoms with van der Waals surface area (Å²) in [6.07, 6.45) is 0.302. The van der Waals surface area contributed by atoms with Gasteiger partial charge in [0.25, 0.3) is 0 Å². The van der Waals surface area contributed by atoms with Gasteiger partial charge in [0.05, 0.1) is 6.54 Å². The predicted octanol–water partition coefficient (Wildman–Crippen LogP) is -0.423. The summed E-state index contributed by atoms with van der Waals surface area (Å²) in [6, 6.07) is 6.60. The maximum Gasteiger partial charge on any atom is 0.320 e. The number of anilines is 1. The van der Waals surface area contributed by atoms with Crippen LogP contribution in [0.15, 0.2) is 24.3 Å². The number of carboxylic acid groups (broad SMARTS) is 1. The van der Waals surface area contributed by atoms with Crippen LogP contribution in [-0.4, -0.2) is 42.7 Å². The first-order chi connectivity index (χ1) is 9.06. The first kappa shape index (κ1) is 13.4. The summed E-state index contributed by atoms with van der Waals surface area (Å²) in [5, 5.41) is 11.5. The number of rotatable bonds is 4. The molecular weight excluding hydrogens is 246 g/mol. The summed E-state index contributed by atoms with van der Waals surface area (Å²) < 4.78 is 0. The van der Waals surface area contributed by atoms with Crippen LogP contribution in [0.2, 0.25) is 0 Å². The van der Waals surface area contributed by atoms with Gasteiger partial charge in [-0.3, -0.25) is 9.59 Å². The summed E-state index contributed by atoms with van der Waals surface area (Å²) in [5.74, 6) is -0.986. The van der Waals surface area contributed by atoms with Gasteiger partial charge in [-0.1, -0.05) is 12.1 Å². The number of carbonyl (C=O) groups excluding carboxylic acids is 1. The van der Waals surface area contributed by atoms with E-state index in [4.69, 9.17) is 10.8 Å². The highest BCUT2D eigenvalue weighted by molar-refractivity contribution is 5.82. The van der Waals surface area contributed by atoms with Crippen LogP contribution in [0.1, 0.15) is 5.56 Å². The molecule has 0 spiro atoms. The SMILES string of the molecule is NC(Cc1ccc(N2CCNC(=O)C2)cc1)C(=O)O. The molecule has 0 bridgehead atoms. The second-order valence-corrected chi connectivity index (χ2v) is 4.59. The van der Waals surface area contributed by atoms with E-state index in [0.29, 0.717) is 19.5 Å². The molecule has 0 aromatic heterocycles. The number of hydrogen-bond donors (Lipinski definition) is 3. The van der Waals surface area contributed by atoms with Crippen molar-refractivity contribution < 1.29 is 14.7 Å². The van der Waals surface area contributed by atoms with Crippen LogP contribution >= 0.6 is 0 Å². The van der Waals surface area contributed by atoms with Crippen molar-refractivity contribution in [2.45, 2.75) is 12.5 Å². The number of piperazine rings is 1. The van der Waals surface area contributed by atoms with E-state index in [0.717, 1.165) is 17.8 Å². The van der Waals surface area contributed by atoms with Gasteiger partial charge in [-0.25, -0.2) is 0 Å². The van der Waals surface area contributed by atoms with E-state index < -0.39 is 12.0 Å². The number of benzene rings is 1. The van der Waals surface area contributed by atoms with Gasteiger partial charge in [-0.2, -0.15) is 0 Å². The largest absolute Gasteiger partial charge is 0.480 e. The lowest BCUT2D eigenvalue weighted by Gasteiger charge is -2.28. The van der Waals surface area contributed by atoms with E-state index >= 15 is 0 Å². The highest BCUT2D eigenvalue weighted by Gasteiger charge is 2.17. The lowest BCUT2D eigenvalue weighted by molar-refractivity contribution is -0.138. The number of nitrogens with one attached hydrogen (secondary N) is 1. The van der Waals surface area contributed by atoms with E-state index in [-0.39, 0.29) is 5.91 Å². The van der Waals surface area contributed by atoms with E-state index in [1.165, 1.54) is 0 Å². The Hall–Kier alpha value is -2.08. The van der Waals surface area contributed by atoms with Crippen LogP contribution in [0.5, 0.6) is 0 Å². The topological polar surface area (TPSA) is 95.7 Å². The van der Waals surface area contributed by atoms with Gasteiger partial charge in [-0.05, 0) is 24.1 Å². The van der Waals surface area contributed by atoms with Crippen molar-refractivity contribution in [1.29, 1.82) is 0 Å². The number of aliphatic carboxylic acids is 1. The minimum atomic E-state index is -1.00. The molecule has 1 fully saturated rings. The third-order valence-corrected chi connectivity index (χ3v) is 3.11. The van der Waals surface area contributed by atoms with Gasteiger partial charge in [0.2, 0.25) is 5.91 Å². The van der Waals surface area contributed by atoms with Crippen molar-refractivity contribution >= 4 is 17.6 Å². The number of carboxylic acids is 1. The Balaban J connectivity index is 2.01. The molecule has 4 N–H and O–H groups in total. The Bertz CT molecular complexity index is 473. The fraction of sp³-hybridized carbons (Fsp3) is 0.385. The summed E-state index contributed by atoms with van der Waals surface area (Å²) in [6.45, 7) is 1.78. The second kappa shape index (κ2) is 5.71. The zero-order valence-electron chi connectivity index (χ0n) is 10.5. The normalized spacial score (nSPS) is 16.9. The molecule has 1 aliphatic heterocycles. The van der Waals surface area contributed by atoms with Gasteiger partial charge in [0.15, 0.2) is 0 Å². The third-order valence-electron chi connectivity index (χ3n) is 3.11. The monoisotopic (exact) mass is 263 g/mol. The fourth-order valence-electron chi connectivity index (χ4n) is 2.04. The molecule has 1 atom stereocenters. The van der Waals surface area contributed by atoms with Gasteiger partial charge in [0.1, 0.15) is 6.04 Å². The first-order valence-electron chi connectivity index (χ1n) is 6.15.